The molecule has 1 N–H and O–H groups in total. The zero-order valence-corrected chi connectivity index (χ0v) is 18.3. The molecule has 2 heterocycles. The van der Waals surface area contributed by atoms with Crippen molar-refractivity contribution in [2.24, 2.45) is 0 Å². The van der Waals surface area contributed by atoms with Crippen molar-refractivity contribution in [3.8, 4) is 22.8 Å². The number of aromatic nitrogens is 4. The van der Waals surface area contributed by atoms with Crippen molar-refractivity contribution in [3.63, 3.8) is 0 Å². The molecule has 0 amide bonds. The molecule has 0 aliphatic heterocycles. The Bertz CT molecular complexity index is 1210. The third-order valence-electron chi connectivity index (χ3n) is 5.14. The van der Waals surface area contributed by atoms with Gasteiger partial charge in [0.15, 0.2) is 0 Å². The second kappa shape index (κ2) is 10.2. The third kappa shape index (κ3) is 5.02. The van der Waals surface area contributed by atoms with Gasteiger partial charge in [0.2, 0.25) is 0 Å². The van der Waals surface area contributed by atoms with E-state index in [2.05, 4.69) is 15.0 Å². The minimum Gasteiger partial charge on any atom is -0.497 e. The van der Waals surface area contributed by atoms with E-state index in [9.17, 15) is 4.53 Å². The van der Waals surface area contributed by atoms with Crippen molar-refractivity contribution in [3.05, 3.63) is 55.0 Å². The third-order valence-corrected chi connectivity index (χ3v) is 5.14. The first kappa shape index (κ1) is 22.4. The fourth-order valence-electron chi connectivity index (χ4n) is 3.51. The number of fused-ring (bicyclic) bond motifs is 1. The van der Waals surface area contributed by atoms with Crippen molar-refractivity contribution in [2.75, 3.05) is 38.9 Å². The van der Waals surface area contributed by atoms with Gasteiger partial charge in [-0.2, -0.15) is 10.0 Å². The van der Waals surface area contributed by atoms with Crippen molar-refractivity contribution >= 4 is 22.4 Å². The zero-order chi connectivity index (χ0) is 23.2. The van der Waals surface area contributed by atoms with Crippen LogP contribution in [0.1, 0.15) is 0 Å². The maximum absolute atomic E-state index is 12.6. The van der Waals surface area contributed by atoms with E-state index >= 15 is 0 Å². The molecule has 9 nitrogen and oxygen atoms in total. The summed E-state index contributed by atoms with van der Waals surface area (Å²) in [4.78, 5) is 15.0. The molecular weight excluding hydrogens is 429 g/mol. The lowest BCUT2D eigenvalue weighted by Gasteiger charge is -2.25. The number of benzene rings is 2. The summed E-state index contributed by atoms with van der Waals surface area (Å²) in [7, 11) is 3.15. The standard InChI is InChI=1S/C23H24FN5O4/c1-31-19-9-18(10-20(12-19)32-2)29(6-8-33-24)17-3-4-21-22(11-17)27-23(14-25-21)16-13-26-28(15-16)5-7-30/h3-4,9-15,30H,5-8H2,1-2H3. The maximum Gasteiger partial charge on any atom is 0.124 e. The molecule has 0 aliphatic carbocycles. The lowest BCUT2D eigenvalue weighted by Crippen LogP contribution is -2.21. The summed E-state index contributed by atoms with van der Waals surface area (Å²) in [6.45, 7) is 0.523. The highest BCUT2D eigenvalue weighted by molar-refractivity contribution is 5.82. The number of halogens is 1. The van der Waals surface area contributed by atoms with Gasteiger partial charge in [0, 0.05) is 41.3 Å². The number of aliphatic hydroxyl groups excluding tert-OH is 1. The highest BCUT2D eigenvalue weighted by Gasteiger charge is 2.15. The highest BCUT2D eigenvalue weighted by atomic mass is 19.3. The minimum atomic E-state index is -0.132. The Kier molecular flexibility index (Phi) is 6.96. The second-order valence-corrected chi connectivity index (χ2v) is 7.18. The van der Waals surface area contributed by atoms with E-state index in [4.69, 9.17) is 19.6 Å². The fraction of sp³-hybridized carbons (Fsp3) is 0.261. The predicted molar refractivity (Wildman–Crippen MR) is 121 cm³/mol. The number of hydrogen-bond acceptors (Lipinski definition) is 8. The Morgan fingerprint density at radius 2 is 1.79 bits per heavy atom. The molecule has 2 aromatic heterocycles. The Morgan fingerprint density at radius 3 is 2.48 bits per heavy atom. The monoisotopic (exact) mass is 453 g/mol. The summed E-state index contributed by atoms with van der Waals surface area (Å²) in [6.07, 6.45) is 5.18. The molecule has 0 fully saturated rings. The van der Waals surface area contributed by atoms with E-state index in [1.165, 1.54) is 0 Å². The summed E-state index contributed by atoms with van der Waals surface area (Å²) in [5.74, 6) is 1.22. The number of hydrogen-bond donors (Lipinski definition) is 1. The Labute approximate surface area is 189 Å². The molecule has 0 spiro atoms. The van der Waals surface area contributed by atoms with Gasteiger partial charge in [-0.3, -0.25) is 9.67 Å². The maximum atomic E-state index is 12.6. The summed E-state index contributed by atoms with van der Waals surface area (Å²) in [6, 6.07) is 11.1. The summed E-state index contributed by atoms with van der Waals surface area (Å²) in [5.41, 5.74) is 4.36. The van der Waals surface area contributed by atoms with E-state index in [0.29, 0.717) is 29.3 Å². The van der Waals surface area contributed by atoms with Crippen LogP contribution in [-0.4, -0.2) is 58.8 Å². The molecule has 0 bridgehead atoms. The molecule has 2 aromatic carbocycles. The van der Waals surface area contributed by atoms with E-state index in [1.807, 2.05) is 41.4 Å². The van der Waals surface area contributed by atoms with E-state index in [1.54, 1.807) is 37.4 Å². The van der Waals surface area contributed by atoms with Crippen LogP contribution in [0.2, 0.25) is 0 Å². The van der Waals surface area contributed by atoms with Crippen LogP contribution in [0.3, 0.4) is 0 Å². The first-order valence-electron chi connectivity index (χ1n) is 10.3. The summed E-state index contributed by atoms with van der Waals surface area (Å²) < 4.78 is 25.0. The van der Waals surface area contributed by atoms with Gasteiger partial charge in [0.05, 0.1) is 63.0 Å². The Hall–Kier alpha value is -3.76. The van der Waals surface area contributed by atoms with E-state index in [-0.39, 0.29) is 19.8 Å². The fourth-order valence-corrected chi connectivity index (χ4v) is 3.51. The molecule has 0 saturated carbocycles. The van der Waals surface area contributed by atoms with Crippen LogP contribution < -0.4 is 14.4 Å². The van der Waals surface area contributed by atoms with Crippen LogP contribution in [0, 0.1) is 0 Å². The van der Waals surface area contributed by atoms with Gasteiger partial charge in [-0.05, 0) is 22.7 Å². The van der Waals surface area contributed by atoms with Crippen LogP contribution in [-0.2, 0) is 11.5 Å². The average molecular weight is 453 g/mol. The quantitative estimate of drug-likeness (QED) is 0.390. The SMILES string of the molecule is COc1cc(OC)cc(N(CCOF)c2ccc3ncc(-c4cnn(CCO)c4)nc3c2)c1. The second-order valence-electron chi connectivity index (χ2n) is 7.18. The van der Waals surface area contributed by atoms with Gasteiger partial charge in [0.1, 0.15) is 18.1 Å². The molecule has 0 radical (unpaired) electrons. The molecule has 0 unspecified atom stereocenters. The van der Waals surface area contributed by atoms with Gasteiger partial charge in [-0.25, -0.2) is 4.98 Å². The van der Waals surface area contributed by atoms with Gasteiger partial charge in [-0.1, -0.05) is 0 Å². The average Bonchev–Trinajstić information content (AvgIpc) is 3.32. The molecule has 0 saturated heterocycles. The number of methoxy groups -OCH3 is 2. The van der Waals surface area contributed by atoms with Crippen molar-refractivity contribution in [1.29, 1.82) is 0 Å². The Balaban J connectivity index is 1.74. The smallest absolute Gasteiger partial charge is 0.124 e. The van der Waals surface area contributed by atoms with E-state index in [0.717, 1.165) is 22.5 Å². The lowest BCUT2D eigenvalue weighted by molar-refractivity contribution is -0.128. The number of nitrogens with zero attached hydrogens (tertiary/aromatic N) is 5. The molecule has 33 heavy (non-hydrogen) atoms. The number of anilines is 2. The number of aliphatic hydroxyl groups is 1. The zero-order valence-electron chi connectivity index (χ0n) is 18.3. The van der Waals surface area contributed by atoms with Crippen LogP contribution >= 0.6 is 0 Å². The van der Waals surface area contributed by atoms with Crippen LogP contribution in [0.25, 0.3) is 22.3 Å². The molecule has 4 rings (SSSR count). The van der Waals surface area contributed by atoms with E-state index < -0.39 is 0 Å². The minimum absolute atomic E-state index is 0.00135. The van der Waals surface area contributed by atoms with Crippen molar-refractivity contribution < 1.29 is 24.0 Å². The van der Waals surface area contributed by atoms with Gasteiger partial charge in [-0.15, -0.1) is 0 Å². The molecule has 4 aromatic rings. The molecule has 10 heteroatoms. The van der Waals surface area contributed by atoms with Crippen LogP contribution in [0.5, 0.6) is 11.5 Å². The Morgan fingerprint density at radius 1 is 1.00 bits per heavy atom. The normalized spacial score (nSPS) is 11.0. The van der Waals surface area contributed by atoms with Crippen LogP contribution in [0.4, 0.5) is 15.9 Å². The largest absolute Gasteiger partial charge is 0.497 e. The first-order chi connectivity index (χ1) is 16.1. The molecule has 0 atom stereocenters. The van der Waals surface area contributed by atoms with Gasteiger partial charge in [0.25, 0.3) is 0 Å². The van der Waals surface area contributed by atoms with Gasteiger partial charge < -0.3 is 19.5 Å². The summed E-state index contributed by atoms with van der Waals surface area (Å²) >= 11 is 0. The van der Waals surface area contributed by atoms with Crippen LogP contribution in [0.15, 0.2) is 55.0 Å². The predicted octanol–water partition coefficient (Wildman–Crippen LogP) is 3.54. The summed E-state index contributed by atoms with van der Waals surface area (Å²) in [5, 5.41) is 13.3. The molecule has 0 aliphatic rings. The lowest BCUT2D eigenvalue weighted by atomic mass is 10.2. The van der Waals surface area contributed by atoms with Gasteiger partial charge >= 0.3 is 0 Å². The number of rotatable bonds is 10. The molecular formula is C23H24FN5O4. The van der Waals surface area contributed by atoms with Crippen molar-refractivity contribution in [2.45, 2.75) is 6.54 Å². The number of ether oxygens (including phenoxy) is 2. The first-order valence-corrected chi connectivity index (χ1v) is 10.3. The highest BCUT2D eigenvalue weighted by Crippen LogP contribution is 2.34. The molecule has 172 valence electrons. The van der Waals surface area contributed by atoms with Crippen molar-refractivity contribution in [1.82, 2.24) is 19.7 Å². The topological polar surface area (TPSA) is 94.8 Å².